The van der Waals surface area contributed by atoms with Crippen molar-refractivity contribution < 1.29 is 43.0 Å². The number of hydrogen-bond donors (Lipinski definition) is 1. The zero-order valence-corrected chi connectivity index (χ0v) is 17.0. The highest BCUT2D eigenvalue weighted by atomic mass is 16.8. The summed E-state index contributed by atoms with van der Waals surface area (Å²) < 4.78 is 54.6. The summed E-state index contributed by atoms with van der Waals surface area (Å²) in [5, 5.41) is 5.02. The van der Waals surface area contributed by atoms with Crippen molar-refractivity contribution in [1.29, 1.82) is 1.43 Å². The van der Waals surface area contributed by atoms with Gasteiger partial charge in [-0.05, 0) is 13.8 Å². The van der Waals surface area contributed by atoms with E-state index in [-0.39, 0.29) is 48.8 Å². The summed E-state index contributed by atoms with van der Waals surface area (Å²) in [6, 6.07) is 0. The number of methoxy groups -OCH3 is 1. The molecule has 162 valence electrons. The highest BCUT2D eigenvalue weighted by molar-refractivity contribution is 4.94. The highest BCUT2D eigenvalue weighted by Crippen LogP contribution is 2.38. The van der Waals surface area contributed by atoms with Gasteiger partial charge in [0, 0.05) is 18.9 Å². The maximum atomic E-state index is 7.60. The van der Waals surface area contributed by atoms with E-state index in [0.717, 1.165) is 0 Å². The summed E-state index contributed by atoms with van der Waals surface area (Å²) in [6.07, 6.45) is -4.08. The first-order chi connectivity index (χ1) is 13.9. The molecule has 4 heterocycles. The van der Waals surface area contributed by atoms with Crippen LogP contribution in [0.1, 0.15) is 27.7 Å². The molecule has 4 aliphatic rings. The Kier molecular flexibility index (Phi) is 5.88. The lowest BCUT2D eigenvalue weighted by Crippen LogP contribution is -2.63. The average molecular weight is 406 g/mol. The quantitative estimate of drug-likeness (QED) is 0.721. The second kappa shape index (κ2) is 8.41. The number of rotatable bonds is 4. The zero-order chi connectivity index (χ0) is 20.7. The monoisotopic (exact) mass is 406 g/mol. The Balaban J connectivity index is 1.50. The Bertz CT molecular complexity index is 554. The summed E-state index contributed by atoms with van der Waals surface area (Å²) in [7, 11) is 1.57. The van der Waals surface area contributed by atoms with Crippen LogP contribution in [0, 0.1) is 11.8 Å². The van der Waals surface area contributed by atoms with Gasteiger partial charge in [0.1, 0.15) is 24.4 Å². The molecular weight excluding hydrogens is 372 g/mol. The number of fused-ring (bicyclic) bond motifs is 2. The third kappa shape index (κ3) is 3.84. The Morgan fingerprint density at radius 2 is 1.39 bits per heavy atom. The van der Waals surface area contributed by atoms with Gasteiger partial charge in [-0.2, -0.15) is 0 Å². The molecule has 0 aromatic heterocycles. The van der Waals surface area contributed by atoms with Crippen LogP contribution in [0.25, 0.3) is 0 Å². The lowest BCUT2D eigenvalue weighted by atomic mass is 9.88. The van der Waals surface area contributed by atoms with Crippen molar-refractivity contribution >= 4 is 0 Å². The summed E-state index contributed by atoms with van der Waals surface area (Å²) >= 11 is 0. The van der Waals surface area contributed by atoms with Gasteiger partial charge in [0.25, 0.3) is 0 Å². The van der Waals surface area contributed by atoms with Gasteiger partial charge in [0.2, 0.25) is 1.43 Å². The third-order valence-corrected chi connectivity index (χ3v) is 6.17. The molecule has 12 atom stereocenters. The van der Waals surface area contributed by atoms with E-state index >= 15 is 0 Å². The molecule has 4 rings (SSSR count). The maximum absolute atomic E-state index is 7.60. The fourth-order valence-electron chi connectivity index (χ4n) is 4.52. The molecule has 0 aliphatic carbocycles. The second-order valence-electron chi connectivity index (χ2n) is 8.11. The van der Waals surface area contributed by atoms with E-state index in [1.165, 1.54) is 0 Å². The Hall–Kier alpha value is -0.360. The maximum Gasteiger partial charge on any atom is 0.211 e. The zero-order valence-electron chi connectivity index (χ0n) is 18.0. The van der Waals surface area contributed by atoms with Crippen molar-refractivity contribution in [2.24, 2.45) is 11.8 Å². The van der Waals surface area contributed by atoms with Gasteiger partial charge < -0.3 is 43.0 Å². The Morgan fingerprint density at radius 3 is 1.96 bits per heavy atom. The van der Waals surface area contributed by atoms with Crippen molar-refractivity contribution in [2.75, 3.05) is 20.3 Å². The predicted octanol–water partition coefficient (Wildman–Crippen LogP) is 0.624. The third-order valence-electron chi connectivity index (χ3n) is 6.17. The molecule has 0 aromatic carbocycles. The van der Waals surface area contributed by atoms with Gasteiger partial charge in [-0.3, -0.25) is 0 Å². The molecule has 0 amide bonds. The van der Waals surface area contributed by atoms with Crippen LogP contribution in [-0.4, -0.2) is 88.6 Å². The Morgan fingerprint density at radius 1 is 0.821 bits per heavy atom. The first-order valence-corrected chi connectivity index (χ1v) is 10.1. The molecule has 4 fully saturated rings. The summed E-state index contributed by atoms with van der Waals surface area (Å²) in [6.45, 7) is 8.55. The average Bonchev–Trinajstić information content (AvgIpc) is 2.71. The summed E-state index contributed by atoms with van der Waals surface area (Å²) in [4.78, 5) is 0. The van der Waals surface area contributed by atoms with Crippen LogP contribution < -0.4 is 0 Å². The summed E-state index contributed by atoms with van der Waals surface area (Å²) in [5.41, 5.74) is 0. The molecule has 0 saturated carbocycles. The van der Waals surface area contributed by atoms with Crippen molar-refractivity contribution in [3.05, 3.63) is 0 Å². The lowest BCUT2D eigenvalue weighted by Gasteiger charge is -2.51. The molecule has 0 aromatic rings. The molecule has 0 radical (unpaired) electrons. The van der Waals surface area contributed by atoms with Crippen LogP contribution in [0.3, 0.4) is 0 Å². The first-order valence-electron chi connectivity index (χ1n) is 10.5. The van der Waals surface area contributed by atoms with Gasteiger partial charge in [-0.1, -0.05) is 13.8 Å². The van der Waals surface area contributed by atoms with Gasteiger partial charge in [-0.15, -0.1) is 0 Å². The van der Waals surface area contributed by atoms with Crippen LogP contribution >= 0.6 is 0 Å². The number of aliphatic hydroxyl groups excluding tert-OH is 1. The largest absolute Gasteiger partial charge is 0.387 e. The minimum Gasteiger partial charge on any atom is -0.387 e. The van der Waals surface area contributed by atoms with E-state index in [0.29, 0.717) is 13.2 Å². The minimum absolute atomic E-state index is 0.0491. The molecule has 28 heavy (non-hydrogen) atoms. The van der Waals surface area contributed by atoms with Crippen LogP contribution in [0.2, 0.25) is 0 Å². The number of hydrogen-bond acceptors (Lipinski definition) is 9. The SMILES string of the molecule is [3H]OC1[C@H](OC2[C@H](OC)OC3COC(C)O[C@@H]3[C@@H]2C)OC2COC(C)O[C@@H]2[C@@H]1C. The predicted molar refractivity (Wildman–Crippen MR) is 94.1 cm³/mol. The van der Waals surface area contributed by atoms with E-state index in [2.05, 4.69) is 0 Å². The van der Waals surface area contributed by atoms with Crippen molar-refractivity contribution in [1.82, 2.24) is 0 Å². The molecule has 4 aliphatic heterocycles. The minimum atomic E-state index is -0.785. The first kappa shape index (κ1) is 19.6. The fraction of sp³-hybridized carbons (Fsp3) is 1.00. The van der Waals surface area contributed by atoms with Crippen LogP contribution in [0.5, 0.6) is 0 Å². The Labute approximate surface area is 166 Å². The molecule has 6 unspecified atom stereocenters. The van der Waals surface area contributed by atoms with Crippen molar-refractivity contribution in [3.63, 3.8) is 0 Å². The molecule has 1 N–H and O–H groups in total. The number of aliphatic hydroxyl groups is 1. The highest BCUT2D eigenvalue weighted by Gasteiger charge is 2.52. The molecule has 9 nitrogen and oxygen atoms in total. The van der Waals surface area contributed by atoms with E-state index in [1.54, 1.807) is 7.11 Å². The van der Waals surface area contributed by atoms with Gasteiger partial charge in [0.15, 0.2) is 25.2 Å². The molecule has 4 saturated heterocycles. The number of ether oxygens (including phenoxy) is 8. The molecular formula is C19H32O9. The van der Waals surface area contributed by atoms with Gasteiger partial charge in [-0.25, -0.2) is 0 Å². The molecule has 0 bridgehead atoms. The second-order valence-corrected chi connectivity index (χ2v) is 8.11. The molecule has 9 heteroatoms. The standard InChI is InChI=1S/C19H32O9/c1-8-14(20)18(26-12-6-22-10(3)24-15(8)12)28-17-9(2)16-13(27-19(17)21-5)7-23-11(4)25-16/h8-20H,6-7H2,1-5H3/t8-,9+,10?,11?,12?,13?,14?,15-,16-,17?,18+,19-/m1/s1/i20T. The van der Waals surface area contributed by atoms with Gasteiger partial charge >= 0.3 is 0 Å². The van der Waals surface area contributed by atoms with E-state index in [9.17, 15) is 0 Å². The van der Waals surface area contributed by atoms with E-state index < -0.39 is 24.8 Å². The summed E-state index contributed by atoms with van der Waals surface area (Å²) in [5.74, 6) is -0.164. The lowest BCUT2D eigenvalue weighted by molar-refractivity contribution is -0.390. The van der Waals surface area contributed by atoms with E-state index in [4.69, 9.17) is 44.4 Å². The fourth-order valence-corrected chi connectivity index (χ4v) is 4.52. The van der Waals surface area contributed by atoms with Crippen molar-refractivity contribution in [3.8, 4) is 0 Å². The van der Waals surface area contributed by atoms with Crippen molar-refractivity contribution in [2.45, 2.75) is 89.5 Å². The molecule has 0 spiro atoms. The van der Waals surface area contributed by atoms with Crippen LogP contribution in [0.4, 0.5) is 0 Å². The van der Waals surface area contributed by atoms with Crippen LogP contribution in [0.15, 0.2) is 0 Å². The topological polar surface area (TPSA) is 94.1 Å². The normalized spacial score (nSPS) is 55.1. The van der Waals surface area contributed by atoms with E-state index in [1.807, 2.05) is 27.7 Å². The van der Waals surface area contributed by atoms with Gasteiger partial charge in [0.05, 0.1) is 25.4 Å². The smallest absolute Gasteiger partial charge is 0.211 e. The van der Waals surface area contributed by atoms with Crippen LogP contribution in [-0.2, 0) is 37.9 Å².